The molecule has 0 radical (unpaired) electrons. The van der Waals surface area contributed by atoms with E-state index in [0.29, 0.717) is 18.0 Å². The van der Waals surface area contributed by atoms with Gasteiger partial charge in [-0.3, -0.25) is 0 Å². The van der Waals surface area contributed by atoms with Crippen LogP contribution in [-0.4, -0.2) is 38.7 Å². The minimum atomic E-state index is -3.73. The maximum atomic E-state index is 12.9. The van der Waals surface area contributed by atoms with Crippen molar-refractivity contribution in [2.45, 2.75) is 35.3 Å². The fourth-order valence-corrected chi connectivity index (χ4v) is 4.83. The molecule has 2 N–H and O–H groups in total. The predicted octanol–water partition coefficient (Wildman–Crippen LogP) is -0.440. The number of rotatable bonds is 11. The smallest absolute Gasteiger partial charge is 0.546 e. The van der Waals surface area contributed by atoms with Crippen LogP contribution >= 0.6 is 11.6 Å². The van der Waals surface area contributed by atoms with Gasteiger partial charge in [-0.1, -0.05) is 35.9 Å². The van der Waals surface area contributed by atoms with Crippen LogP contribution in [-0.2, 0) is 21.1 Å². The van der Waals surface area contributed by atoms with Gasteiger partial charge in [-0.25, -0.2) is 8.42 Å². The molecule has 0 amide bonds. The van der Waals surface area contributed by atoms with E-state index in [9.17, 15) is 23.4 Å². The second kappa shape index (κ2) is 13.4. The second-order valence-corrected chi connectivity index (χ2v) is 10.2. The molecule has 0 saturated carbocycles. The van der Waals surface area contributed by atoms with E-state index >= 15 is 0 Å². The van der Waals surface area contributed by atoms with Crippen LogP contribution in [0.4, 0.5) is 0 Å². The third kappa shape index (κ3) is 8.61. The first-order valence-corrected chi connectivity index (χ1v) is 12.4. The SMILES string of the molecule is C[C@H](Cc1ccc(S(=O)(=O)c2ccc(OCC(=O)[O-])cc2)cc1)NC[C@H](O)c1cccc(Cl)c1.[Na+]. The van der Waals surface area contributed by atoms with Crippen LogP contribution in [0.1, 0.15) is 24.2 Å². The van der Waals surface area contributed by atoms with Gasteiger partial charge in [0, 0.05) is 17.6 Å². The molecule has 35 heavy (non-hydrogen) atoms. The Labute approximate surface area is 232 Å². The summed E-state index contributed by atoms with van der Waals surface area (Å²) < 4.78 is 30.7. The maximum Gasteiger partial charge on any atom is 1.00 e. The molecule has 0 aliphatic heterocycles. The molecule has 0 saturated heterocycles. The second-order valence-electron chi connectivity index (χ2n) is 7.86. The maximum absolute atomic E-state index is 12.9. The monoisotopic (exact) mass is 525 g/mol. The molecule has 7 nitrogen and oxygen atoms in total. The molecule has 0 aromatic heterocycles. The third-order valence-corrected chi connectivity index (χ3v) is 7.18. The molecule has 0 bridgehead atoms. The number of carbonyl (C=O) groups is 1. The molecule has 0 unspecified atom stereocenters. The molecule has 0 fully saturated rings. The van der Waals surface area contributed by atoms with E-state index in [4.69, 9.17) is 16.3 Å². The molecular weight excluding hydrogens is 501 g/mol. The van der Waals surface area contributed by atoms with Crippen molar-refractivity contribution in [3.63, 3.8) is 0 Å². The number of halogens is 1. The van der Waals surface area contributed by atoms with Crippen molar-refractivity contribution >= 4 is 27.4 Å². The van der Waals surface area contributed by atoms with Crippen LogP contribution in [0.2, 0.25) is 5.02 Å². The quantitative estimate of drug-likeness (QED) is 0.326. The Morgan fingerprint density at radius 3 is 2.23 bits per heavy atom. The minimum Gasteiger partial charge on any atom is -0.546 e. The third-order valence-electron chi connectivity index (χ3n) is 5.16. The number of hydrogen-bond donors (Lipinski definition) is 2. The van der Waals surface area contributed by atoms with E-state index in [1.807, 2.05) is 13.0 Å². The van der Waals surface area contributed by atoms with Gasteiger partial charge in [-0.2, -0.15) is 0 Å². The van der Waals surface area contributed by atoms with Crippen molar-refractivity contribution in [3.8, 4) is 5.75 Å². The van der Waals surface area contributed by atoms with Crippen molar-refractivity contribution in [2.24, 2.45) is 0 Å². The molecule has 0 aliphatic carbocycles. The van der Waals surface area contributed by atoms with Crippen LogP contribution in [0, 0.1) is 0 Å². The Kier molecular flexibility index (Phi) is 11.2. The zero-order chi connectivity index (χ0) is 24.7. The first kappa shape index (κ1) is 29.3. The normalized spacial score (nSPS) is 12.9. The van der Waals surface area contributed by atoms with Gasteiger partial charge in [0.25, 0.3) is 0 Å². The summed E-state index contributed by atoms with van der Waals surface area (Å²) in [5.74, 6) is -1.13. The van der Waals surface area contributed by atoms with Gasteiger partial charge in [0.05, 0.1) is 21.9 Å². The van der Waals surface area contributed by atoms with E-state index in [2.05, 4.69) is 5.32 Å². The topological polar surface area (TPSA) is 116 Å². The molecule has 3 rings (SSSR count). The van der Waals surface area contributed by atoms with Crippen molar-refractivity contribution in [1.29, 1.82) is 0 Å². The first-order valence-electron chi connectivity index (χ1n) is 10.6. The van der Waals surface area contributed by atoms with E-state index < -0.39 is 28.5 Å². The van der Waals surface area contributed by atoms with E-state index in [-0.39, 0.29) is 51.1 Å². The predicted molar refractivity (Wildman–Crippen MR) is 126 cm³/mol. The zero-order valence-corrected chi connectivity index (χ0v) is 23.1. The zero-order valence-electron chi connectivity index (χ0n) is 19.5. The molecule has 3 aromatic rings. The average molecular weight is 526 g/mol. The van der Waals surface area contributed by atoms with Crippen molar-refractivity contribution in [3.05, 3.63) is 88.9 Å². The van der Waals surface area contributed by atoms with Crippen LogP contribution in [0.15, 0.2) is 82.6 Å². The standard InChI is InChI=1S/C25H26ClNO6S.Na/c1-17(27-15-24(28)19-3-2-4-20(26)14-19)13-18-5-9-22(10-6-18)34(31,32)23-11-7-21(8-12-23)33-16-25(29)30;/h2-12,14,17,24,27-28H,13,15-16H2,1H3,(H,29,30);/q;+1/p-1/t17-,24+;/m1./s1. The number of carbonyl (C=O) groups excluding carboxylic acids is 1. The van der Waals surface area contributed by atoms with Gasteiger partial charge < -0.3 is 25.1 Å². The molecule has 0 aliphatic rings. The Hall–Kier alpha value is -1.91. The summed E-state index contributed by atoms with van der Waals surface area (Å²) in [6, 6.07) is 19.3. The number of nitrogens with one attached hydrogen (secondary N) is 1. The summed E-state index contributed by atoms with van der Waals surface area (Å²) in [4.78, 5) is 10.7. The van der Waals surface area contributed by atoms with E-state index in [1.165, 1.54) is 24.3 Å². The summed E-state index contributed by atoms with van der Waals surface area (Å²) in [6.45, 7) is 1.73. The number of aliphatic hydroxyl groups is 1. The molecule has 180 valence electrons. The average Bonchev–Trinajstić information content (AvgIpc) is 2.82. The van der Waals surface area contributed by atoms with Crippen molar-refractivity contribution in [2.75, 3.05) is 13.2 Å². The summed E-state index contributed by atoms with van der Waals surface area (Å²) in [5.41, 5.74) is 1.68. The van der Waals surface area contributed by atoms with Crippen LogP contribution in [0.3, 0.4) is 0 Å². The summed E-state index contributed by atoms with van der Waals surface area (Å²) in [6.07, 6.45) is -0.0428. The number of hydrogen-bond acceptors (Lipinski definition) is 7. The Morgan fingerprint density at radius 1 is 1.06 bits per heavy atom. The van der Waals surface area contributed by atoms with Gasteiger partial charge in [0.2, 0.25) is 9.84 Å². The van der Waals surface area contributed by atoms with Gasteiger partial charge >= 0.3 is 29.6 Å². The van der Waals surface area contributed by atoms with E-state index in [1.54, 1.807) is 42.5 Å². The number of ether oxygens (including phenoxy) is 1. The fraction of sp³-hybridized carbons (Fsp3) is 0.240. The molecule has 10 heteroatoms. The number of sulfone groups is 1. The van der Waals surface area contributed by atoms with Gasteiger partial charge in [0.1, 0.15) is 12.4 Å². The Balaban J connectivity index is 0.00000432. The van der Waals surface area contributed by atoms with Crippen LogP contribution < -0.4 is 44.7 Å². The largest absolute Gasteiger partial charge is 1.00 e. The fourth-order valence-electron chi connectivity index (χ4n) is 3.37. The summed E-state index contributed by atoms with van der Waals surface area (Å²) >= 11 is 5.97. The molecular formula is C25H25ClNNaO6S. The molecule has 2 atom stereocenters. The Bertz CT molecular complexity index is 1220. The van der Waals surface area contributed by atoms with Gasteiger partial charge in [-0.15, -0.1) is 0 Å². The molecule has 3 aromatic carbocycles. The van der Waals surface area contributed by atoms with Gasteiger partial charge in [0.15, 0.2) is 0 Å². The Morgan fingerprint density at radius 2 is 1.66 bits per heavy atom. The number of aliphatic carboxylic acids is 1. The van der Waals surface area contributed by atoms with Crippen LogP contribution in [0.25, 0.3) is 0 Å². The van der Waals surface area contributed by atoms with E-state index in [0.717, 1.165) is 11.1 Å². The summed E-state index contributed by atoms with van der Waals surface area (Å²) in [7, 11) is -3.73. The van der Waals surface area contributed by atoms with Crippen LogP contribution in [0.5, 0.6) is 5.75 Å². The number of carboxylic acid groups (broad SMARTS) is 1. The molecule has 0 heterocycles. The number of carboxylic acids is 1. The first-order chi connectivity index (χ1) is 16.1. The number of benzene rings is 3. The number of aliphatic hydroxyl groups excluding tert-OH is 1. The minimum absolute atomic E-state index is 0. The van der Waals surface area contributed by atoms with Crippen molar-refractivity contribution in [1.82, 2.24) is 5.32 Å². The van der Waals surface area contributed by atoms with Gasteiger partial charge in [-0.05, 0) is 73.0 Å². The summed E-state index contributed by atoms with van der Waals surface area (Å²) in [5, 5.41) is 24.7. The molecule has 0 spiro atoms. The van der Waals surface area contributed by atoms with Crippen molar-refractivity contribution < 1.29 is 57.7 Å².